The Bertz CT molecular complexity index is 940. The average molecular weight is 389 g/mol. The summed E-state index contributed by atoms with van der Waals surface area (Å²) in [5, 5.41) is 0. The highest BCUT2D eigenvalue weighted by atomic mass is 19.4. The van der Waals surface area contributed by atoms with Gasteiger partial charge in [0.15, 0.2) is 0 Å². The van der Waals surface area contributed by atoms with E-state index in [0.717, 1.165) is 5.56 Å². The predicted molar refractivity (Wildman–Crippen MR) is 99.1 cm³/mol. The molecule has 146 valence electrons. The molecule has 6 nitrogen and oxygen atoms in total. The van der Waals surface area contributed by atoms with Crippen molar-refractivity contribution in [3.05, 3.63) is 65.6 Å². The summed E-state index contributed by atoms with van der Waals surface area (Å²) in [5.41, 5.74) is 8.50. The predicted octanol–water partition coefficient (Wildman–Crippen LogP) is 4.31. The number of pyridine rings is 1. The second kappa shape index (κ2) is 7.71. The first-order valence-corrected chi connectivity index (χ1v) is 8.37. The van der Waals surface area contributed by atoms with Crippen molar-refractivity contribution in [2.45, 2.75) is 26.8 Å². The molecule has 0 amide bonds. The molecule has 2 aromatic heterocycles. The van der Waals surface area contributed by atoms with E-state index in [0.29, 0.717) is 22.9 Å². The van der Waals surface area contributed by atoms with Crippen molar-refractivity contribution < 1.29 is 17.9 Å². The molecule has 2 heterocycles. The summed E-state index contributed by atoms with van der Waals surface area (Å²) in [6.45, 7) is 3.83. The van der Waals surface area contributed by atoms with Gasteiger partial charge in [0.1, 0.15) is 11.6 Å². The second-order valence-corrected chi connectivity index (χ2v) is 6.07. The SMILES string of the molecule is Cc1nc(N(Cc2ccccn2)c2cccc(OC(F)(F)F)c2)nc(N)c1C. The monoisotopic (exact) mass is 389 g/mol. The van der Waals surface area contributed by atoms with Crippen LogP contribution in [0.5, 0.6) is 5.75 Å². The Labute approximate surface area is 159 Å². The molecule has 0 atom stereocenters. The minimum Gasteiger partial charge on any atom is -0.406 e. The zero-order chi connectivity index (χ0) is 20.3. The third-order valence-electron chi connectivity index (χ3n) is 4.07. The van der Waals surface area contributed by atoms with Crippen LogP contribution in [0.25, 0.3) is 0 Å². The lowest BCUT2D eigenvalue weighted by Gasteiger charge is -2.24. The molecule has 0 aliphatic heterocycles. The number of nitrogens with zero attached hydrogens (tertiary/aromatic N) is 4. The number of nitrogens with two attached hydrogens (primary N) is 1. The van der Waals surface area contributed by atoms with Gasteiger partial charge in [-0.25, -0.2) is 4.98 Å². The van der Waals surface area contributed by atoms with Gasteiger partial charge in [0.25, 0.3) is 0 Å². The first-order chi connectivity index (χ1) is 13.2. The number of nitrogen functional groups attached to an aromatic ring is 1. The molecule has 0 saturated carbocycles. The van der Waals surface area contributed by atoms with Crippen molar-refractivity contribution in [3.8, 4) is 5.75 Å². The van der Waals surface area contributed by atoms with Gasteiger partial charge >= 0.3 is 6.36 Å². The van der Waals surface area contributed by atoms with Gasteiger partial charge in [-0.15, -0.1) is 13.2 Å². The van der Waals surface area contributed by atoms with E-state index in [-0.39, 0.29) is 18.2 Å². The number of halogens is 3. The quantitative estimate of drug-likeness (QED) is 0.701. The highest BCUT2D eigenvalue weighted by molar-refractivity contribution is 5.61. The fraction of sp³-hybridized carbons (Fsp3) is 0.211. The van der Waals surface area contributed by atoms with Gasteiger partial charge in [-0.2, -0.15) is 4.98 Å². The Morgan fingerprint density at radius 1 is 1.07 bits per heavy atom. The van der Waals surface area contributed by atoms with Gasteiger partial charge in [-0.3, -0.25) is 4.98 Å². The molecule has 1 aromatic carbocycles. The van der Waals surface area contributed by atoms with Gasteiger partial charge in [0.05, 0.1) is 12.2 Å². The molecular formula is C19H18F3N5O. The third kappa shape index (κ3) is 4.67. The molecule has 0 spiro atoms. The second-order valence-electron chi connectivity index (χ2n) is 6.07. The van der Waals surface area contributed by atoms with E-state index in [2.05, 4.69) is 19.7 Å². The highest BCUT2D eigenvalue weighted by Gasteiger charge is 2.31. The van der Waals surface area contributed by atoms with E-state index in [1.165, 1.54) is 18.2 Å². The van der Waals surface area contributed by atoms with Gasteiger partial charge in [-0.05, 0) is 38.1 Å². The van der Waals surface area contributed by atoms with Crippen LogP contribution in [0.2, 0.25) is 0 Å². The molecule has 0 saturated heterocycles. The molecule has 2 N–H and O–H groups in total. The molecule has 0 radical (unpaired) electrons. The molecule has 0 unspecified atom stereocenters. The number of hydrogen-bond acceptors (Lipinski definition) is 6. The van der Waals surface area contributed by atoms with Gasteiger partial charge in [0, 0.05) is 29.2 Å². The number of anilines is 3. The van der Waals surface area contributed by atoms with Crippen molar-refractivity contribution in [2.75, 3.05) is 10.6 Å². The largest absolute Gasteiger partial charge is 0.573 e. The maximum Gasteiger partial charge on any atom is 0.573 e. The summed E-state index contributed by atoms with van der Waals surface area (Å²) in [4.78, 5) is 14.7. The van der Waals surface area contributed by atoms with E-state index < -0.39 is 6.36 Å². The number of hydrogen-bond donors (Lipinski definition) is 1. The fourth-order valence-electron chi connectivity index (χ4n) is 2.54. The summed E-state index contributed by atoms with van der Waals surface area (Å²) in [6, 6.07) is 11.0. The van der Waals surface area contributed by atoms with Crippen LogP contribution in [0.4, 0.5) is 30.6 Å². The van der Waals surface area contributed by atoms with Crippen molar-refractivity contribution in [1.29, 1.82) is 0 Å². The molecular weight excluding hydrogens is 371 g/mol. The van der Waals surface area contributed by atoms with Crippen LogP contribution in [0, 0.1) is 13.8 Å². The van der Waals surface area contributed by atoms with Crippen LogP contribution in [-0.4, -0.2) is 21.3 Å². The van der Waals surface area contributed by atoms with Gasteiger partial charge in [0.2, 0.25) is 5.95 Å². The summed E-state index contributed by atoms with van der Waals surface area (Å²) in [5.74, 6) is 0.222. The molecule has 0 aliphatic carbocycles. The standard InChI is InChI=1S/C19H18F3N5O/c1-12-13(2)25-18(26-17(12)23)27(11-14-6-3-4-9-24-14)15-7-5-8-16(10-15)28-19(20,21)22/h3-10H,11H2,1-2H3,(H2,23,25,26). The van der Waals surface area contributed by atoms with Crippen LogP contribution in [-0.2, 0) is 6.54 Å². The maximum absolute atomic E-state index is 12.6. The molecule has 0 aliphatic rings. The molecule has 0 bridgehead atoms. The highest BCUT2D eigenvalue weighted by Crippen LogP contribution is 2.31. The minimum atomic E-state index is -4.79. The number of alkyl halides is 3. The summed E-state index contributed by atoms with van der Waals surface area (Å²) in [7, 11) is 0. The van der Waals surface area contributed by atoms with Crippen molar-refractivity contribution in [3.63, 3.8) is 0 Å². The van der Waals surface area contributed by atoms with Crippen molar-refractivity contribution in [1.82, 2.24) is 15.0 Å². The lowest BCUT2D eigenvalue weighted by molar-refractivity contribution is -0.274. The Morgan fingerprint density at radius 3 is 2.50 bits per heavy atom. The van der Waals surface area contributed by atoms with Crippen LogP contribution in [0.3, 0.4) is 0 Å². The Kier molecular flexibility index (Phi) is 5.34. The zero-order valence-corrected chi connectivity index (χ0v) is 15.2. The normalized spacial score (nSPS) is 11.3. The van der Waals surface area contributed by atoms with Gasteiger partial charge in [-0.1, -0.05) is 12.1 Å². The Hall–Kier alpha value is -3.36. The maximum atomic E-state index is 12.6. The summed E-state index contributed by atoms with van der Waals surface area (Å²) < 4.78 is 41.9. The van der Waals surface area contributed by atoms with E-state index in [9.17, 15) is 13.2 Å². The third-order valence-corrected chi connectivity index (χ3v) is 4.07. The number of benzene rings is 1. The minimum absolute atomic E-state index is 0.234. The van der Waals surface area contributed by atoms with Crippen LogP contribution in [0.1, 0.15) is 17.0 Å². The lowest BCUT2D eigenvalue weighted by atomic mass is 10.2. The number of aromatic nitrogens is 3. The first-order valence-electron chi connectivity index (χ1n) is 8.37. The molecule has 28 heavy (non-hydrogen) atoms. The number of aryl methyl sites for hydroxylation is 1. The Balaban J connectivity index is 2.05. The average Bonchev–Trinajstić information content (AvgIpc) is 2.63. The van der Waals surface area contributed by atoms with Crippen LogP contribution in [0.15, 0.2) is 48.7 Å². The molecule has 3 rings (SSSR count). The van der Waals surface area contributed by atoms with Crippen LogP contribution >= 0.6 is 0 Å². The topological polar surface area (TPSA) is 77.2 Å². The van der Waals surface area contributed by atoms with Crippen molar-refractivity contribution >= 4 is 17.5 Å². The first kappa shape index (κ1) is 19.4. The summed E-state index contributed by atoms with van der Waals surface area (Å²) in [6.07, 6.45) is -3.15. The Morgan fingerprint density at radius 2 is 1.86 bits per heavy atom. The van der Waals surface area contributed by atoms with E-state index in [1.807, 2.05) is 6.07 Å². The van der Waals surface area contributed by atoms with Gasteiger partial charge < -0.3 is 15.4 Å². The van der Waals surface area contributed by atoms with Crippen LogP contribution < -0.4 is 15.4 Å². The van der Waals surface area contributed by atoms with Crippen molar-refractivity contribution in [2.24, 2.45) is 0 Å². The number of ether oxygens (including phenoxy) is 1. The molecule has 3 aromatic rings. The molecule has 9 heteroatoms. The fourth-order valence-corrected chi connectivity index (χ4v) is 2.54. The zero-order valence-electron chi connectivity index (χ0n) is 15.2. The van der Waals surface area contributed by atoms with E-state index in [1.54, 1.807) is 43.1 Å². The van der Waals surface area contributed by atoms with E-state index >= 15 is 0 Å². The van der Waals surface area contributed by atoms with E-state index in [4.69, 9.17) is 5.73 Å². The summed E-state index contributed by atoms with van der Waals surface area (Å²) >= 11 is 0. The smallest absolute Gasteiger partial charge is 0.406 e. The number of rotatable bonds is 5. The lowest BCUT2D eigenvalue weighted by Crippen LogP contribution is -2.22. The molecule has 0 fully saturated rings.